The molecule has 3 rings (SSSR count). The Kier molecular flexibility index (Phi) is 9.92. The minimum atomic E-state index is -5.74. The predicted octanol–water partition coefficient (Wildman–Crippen LogP) is 3.94. The summed E-state index contributed by atoms with van der Waals surface area (Å²) in [5.74, 6) is -0.589. The van der Waals surface area contributed by atoms with Crippen LogP contribution in [0.4, 0.5) is 8.78 Å². The number of amides is 1. The van der Waals surface area contributed by atoms with E-state index >= 15 is 0 Å². The van der Waals surface area contributed by atoms with Gasteiger partial charge in [-0.3, -0.25) is 9.36 Å². The number of carbonyl (C=O) groups excluding carboxylic acids is 1. The molecule has 204 valence electrons. The third-order valence-electron chi connectivity index (χ3n) is 5.81. The molecular formula is C26H29F2N2O6PS. The Balaban J connectivity index is 1.70. The van der Waals surface area contributed by atoms with E-state index in [2.05, 4.69) is 10.0 Å². The first-order chi connectivity index (χ1) is 17.9. The van der Waals surface area contributed by atoms with Crippen molar-refractivity contribution in [2.45, 2.75) is 42.3 Å². The molecule has 0 fully saturated rings. The lowest BCUT2D eigenvalue weighted by Crippen LogP contribution is -2.48. The highest BCUT2D eigenvalue weighted by Gasteiger charge is 2.50. The molecule has 0 spiro atoms. The van der Waals surface area contributed by atoms with Crippen molar-refractivity contribution in [3.8, 4) is 0 Å². The molecule has 0 aliphatic carbocycles. The van der Waals surface area contributed by atoms with Crippen molar-refractivity contribution < 1.29 is 36.3 Å². The molecule has 0 unspecified atom stereocenters. The summed E-state index contributed by atoms with van der Waals surface area (Å²) in [4.78, 5) is 30.8. The molecule has 0 aliphatic heterocycles. The largest absolute Gasteiger partial charge is 0.399 e. The first-order valence-electron chi connectivity index (χ1n) is 11.8. The lowest BCUT2D eigenvalue weighted by atomic mass is 10.0. The van der Waals surface area contributed by atoms with Crippen LogP contribution in [0.5, 0.6) is 0 Å². The third kappa shape index (κ3) is 8.02. The summed E-state index contributed by atoms with van der Waals surface area (Å²) >= 11 is 0. The maximum Gasteiger partial charge on any atom is 0.399 e. The summed E-state index contributed by atoms with van der Waals surface area (Å²) in [6, 6.07) is 20.1. The average Bonchev–Trinajstić information content (AvgIpc) is 2.88. The van der Waals surface area contributed by atoms with E-state index < -0.39 is 40.8 Å². The minimum Gasteiger partial charge on any atom is -0.355 e. The summed E-state index contributed by atoms with van der Waals surface area (Å²) in [5, 5.41) is 2.73. The Morgan fingerprint density at radius 2 is 1.45 bits per heavy atom. The highest BCUT2D eigenvalue weighted by Crippen LogP contribution is 2.59. The number of benzene rings is 3. The van der Waals surface area contributed by atoms with Gasteiger partial charge in [0.2, 0.25) is 15.9 Å². The molecule has 38 heavy (non-hydrogen) atoms. The number of aryl methyl sites for hydroxylation is 1. The number of hydrogen-bond donors (Lipinski definition) is 4. The number of nitrogens with one attached hydrogen (secondary N) is 2. The van der Waals surface area contributed by atoms with Crippen molar-refractivity contribution in [1.29, 1.82) is 0 Å². The fourth-order valence-electron chi connectivity index (χ4n) is 3.72. The second-order valence-electron chi connectivity index (χ2n) is 8.71. The number of alkyl halides is 2. The highest BCUT2D eigenvalue weighted by atomic mass is 32.2. The van der Waals surface area contributed by atoms with Gasteiger partial charge in [-0.15, -0.1) is 0 Å². The fourth-order valence-corrected chi connectivity index (χ4v) is 5.42. The zero-order chi connectivity index (χ0) is 27.8. The van der Waals surface area contributed by atoms with E-state index in [1.165, 1.54) is 42.0 Å². The Morgan fingerprint density at radius 3 is 2.03 bits per heavy atom. The molecule has 4 N–H and O–H groups in total. The van der Waals surface area contributed by atoms with Crippen molar-refractivity contribution in [1.82, 2.24) is 10.0 Å². The number of rotatable bonds is 13. The summed E-state index contributed by atoms with van der Waals surface area (Å²) in [6.07, 6.45) is 2.11. The molecule has 0 aliphatic rings. The van der Waals surface area contributed by atoms with Crippen LogP contribution in [-0.2, 0) is 37.9 Å². The van der Waals surface area contributed by atoms with Crippen molar-refractivity contribution >= 4 is 23.5 Å². The van der Waals surface area contributed by atoms with Gasteiger partial charge in [0.15, 0.2) is 0 Å². The van der Waals surface area contributed by atoms with Crippen LogP contribution < -0.4 is 10.0 Å². The molecule has 3 aromatic carbocycles. The maximum atomic E-state index is 14.0. The molecule has 0 saturated carbocycles. The lowest BCUT2D eigenvalue weighted by molar-refractivity contribution is -0.122. The highest BCUT2D eigenvalue weighted by molar-refractivity contribution is 7.89. The molecule has 0 saturated heterocycles. The third-order valence-corrected chi connectivity index (χ3v) is 8.29. The Bertz CT molecular complexity index is 1350. The molecule has 0 aromatic heterocycles. The van der Waals surface area contributed by atoms with Crippen molar-refractivity contribution in [2.75, 3.05) is 6.54 Å². The van der Waals surface area contributed by atoms with E-state index in [0.717, 1.165) is 25.0 Å². The smallest absolute Gasteiger partial charge is 0.355 e. The van der Waals surface area contributed by atoms with Crippen LogP contribution >= 0.6 is 7.60 Å². The van der Waals surface area contributed by atoms with Crippen LogP contribution in [0.2, 0.25) is 0 Å². The molecular weight excluding hydrogens is 537 g/mol. The van der Waals surface area contributed by atoms with Gasteiger partial charge in [-0.1, -0.05) is 72.8 Å². The second kappa shape index (κ2) is 12.7. The number of unbranched alkanes of at least 4 members (excludes halogenated alkanes) is 1. The molecule has 12 heteroatoms. The fraction of sp³-hybridized carbons (Fsp3) is 0.269. The van der Waals surface area contributed by atoms with Crippen molar-refractivity contribution in [2.24, 2.45) is 0 Å². The van der Waals surface area contributed by atoms with Gasteiger partial charge in [0.25, 0.3) is 0 Å². The minimum absolute atomic E-state index is 0.0442. The van der Waals surface area contributed by atoms with Crippen LogP contribution in [0.1, 0.15) is 29.5 Å². The van der Waals surface area contributed by atoms with Crippen LogP contribution in [0, 0.1) is 0 Å². The maximum absolute atomic E-state index is 14.0. The topological polar surface area (TPSA) is 133 Å². The number of carbonyl (C=O) groups is 1. The van der Waals surface area contributed by atoms with Crippen LogP contribution in [0.25, 0.3) is 0 Å². The Hall–Kier alpha value is -2.95. The molecule has 3 aromatic rings. The van der Waals surface area contributed by atoms with Crippen LogP contribution in [-0.4, -0.2) is 36.7 Å². The van der Waals surface area contributed by atoms with E-state index in [1.807, 2.05) is 30.3 Å². The standard InChI is InChI=1S/C26H29F2N2O6PS/c27-26(28,37(32,33)34)22-16-14-21(15-17-22)19-24(30-38(35,36)23-12-5-2-6-13-23)25(31)29-18-8-7-11-20-9-3-1-4-10-20/h1-6,9-10,12-17,24,30H,7-8,11,18-19H2,(H,29,31)(H2,32,33,34)/t24-/m0/s1. The zero-order valence-electron chi connectivity index (χ0n) is 20.3. The van der Waals surface area contributed by atoms with Gasteiger partial charge in [-0.2, -0.15) is 13.5 Å². The number of halogens is 2. The quantitative estimate of drug-likeness (QED) is 0.183. The van der Waals surface area contributed by atoms with Gasteiger partial charge in [0.05, 0.1) is 4.90 Å². The lowest BCUT2D eigenvalue weighted by Gasteiger charge is -2.20. The van der Waals surface area contributed by atoms with Crippen LogP contribution in [0.15, 0.2) is 89.8 Å². The van der Waals surface area contributed by atoms with Crippen molar-refractivity contribution in [3.05, 3.63) is 102 Å². The van der Waals surface area contributed by atoms with E-state index in [9.17, 15) is 26.6 Å². The average molecular weight is 567 g/mol. The van der Waals surface area contributed by atoms with Gasteiger partial charge < -0.3 is 15.1 Å². The Labute approximate surface area is 220 Å². The van der Waals surface area contributed by atoms with Gasteiger partial charge in [0, 0.05) is 12.1 Å². The predicted molar refractivity (Wildman–Crippen MR) is 139 cm³/mol. The summed E-state index contributed by atoms with van der Waals surface area (Å²) in [6.45, 7) is 0.308. The van der Waals surface area contributed by atoms with E-state index in [1.54, 1.807) is 6.07 Å². The first kappa shape index (κ1) is 29.6. The molecule has 8 nitrogen and oxygen atoms in total. The zero-order valence-corrected chi connectivity index (χ0v) is 22.0. The summed E-state index contributed by atoms with van der Waals surface area (Å²) in [7, 11) is -9.82. The molecule has 0 radical (unpaired) electrons. The molecule has 0 bridgehead atoms. The van der Waals surface area contributed by atoms with Crippen LogP contribution in [0.3, 0.4) is 0 Å². The number of sulfonamides is 1. The monoisotopic (exact) mass is 566 g/mol. The van der Waals surface area contributed by atoms with Gasteiger partial charge in [-0.25, -0.2) is 8.42 Å². The summed E-state index contributed by atoms with van der Waals surface area (Å²) in [5.41, 5.74) is -3.79. The molecule has 1 atom stereocenters. The normalized spacial score (nSPS) is 13.2. The van der Waals surface area contributed by atoms with E-state index in [4.69, 9.17) is 9.79 Å². The van der Waals surface area contributed by atoms with Gasteiger partial charge in [0.1, 0.15) is 6.04 Å². The SMILES string of the molecule is O=C(NCCCCc1ccccc1)[C@H](Cc1ccc(C(F)(F)P(=O)(O)O)cc1)NS(=O)(=O)c1ccccc1. The van der Waals surface area contributed by atoms with Crippen molar-refractivity contribution in [3.63, 3.8) is 0 Å². The van der Waals surface area contributed by atoms with E-state index in [0.29, 0.717) is 18.5 Å². The Morgan fingerprint density at radius 1 is 0.868 bits per heavy atom. The second-order valence-corrected chi connectivity index (χ2v) is 12.1. The molecule has 1 amide bonds. The van der Waals surface area contributed by atoms with E-state index in [-0.39, 0.29) is 11.3 Å². The number of hydrogen-bond acceptors (Lipinski definition) is 4. The molecule has 0 heterocycles. The summed E-state index contributed by atoms with van der Waals surface area (Å²) < 4.78 is 67.3. The van der Waals surface area contributed by atoms with Gasteiger partial charge >= 0.3 is 13.3 Å². The van der Waals surface area contributed by atoms with Gasteiger partial charge in [-0.05, 0) is 48.9 Å². The first-order valence-corrected chi connectivity index (χ1v) is 14.9.